The molecule has 1 aromatic rings. The molecular formula is C17H18N3O3+. The predicted octanol–water partition coefficient (Wildman–Crippen LogP) is 1.81. The quantitative estimate of drug-likeness (QED) is 0.797. The number of nitrogens with zero attached hydrogens (tertiary/aromatic N) is 3. The number of hydrogen-bond acceptors (Lipinski definition) is 4. The number of ether oxygens (including phenoxy) is 1. The molecule has 0 spiro atoms. The SMILES string of the molecule is CCOC1=CC=NC2=[N+](C)C(=O)N(Cc3ccccc3)C(=O)C12. The van der Waals surface area contributed by atoms with Crippen LogP contribution in [0.5, 0.6) is 0 Å². The first-order chi connectivity index (χ1) is 11.1. The van der Waals surface area contributed by atoms with Gasteiger partial charge in [-0.25, -0.2) is 4.79 Å². The minimum atomic E-state index is -0.661. The molecule has 6 nitrogen and oxygen atoms in total. The lowest BCUT2D eigenvalue weighted by atomic mass is 9.99. The standard InChI is InChI=1S/C17H18N3O3/c1-3-23-13-9-10-18-15-14(13)16(21)20(17(22)19(15)2)11-12-7-5-4-6-8-12/h4-10,14H,3,11H2,1-2H3/q+1. The molecule has 1 unspecified atom stereocenters. The van der Waals surface area contributed by atoms with Crippen molar-refractivity contribution in [2.75, 3.05) is 13.7 Å². The maximum atomic E-state index is 12.9. The van der Waals surface area contributed by atoms with E-state index >= 15 is 0 Å². The van der Waals surface area contributed by atoms with Crippen LogP contribution in [0.15, 0.2) is 47.2 Å². The normalized spacial score (nSPS) is 20.5. The second-order valence-electron chi connectivity index (χ2n) is 5.32. The molecule has 0 aliphatic carbocycles. The number of amides is 3. The number of amidine groups is 1. The van der Waals surface area contributed by atoms with Crippen molar-refractivity contribution in [3.05, 3.63) is 47.7 Å². The molecule has 1 atom stereocenters. The maximum absolute atomic E-state index is 12.9. The summed E-state index contributed by atoms with van der Waals surface area (Å²) < 4.78 is 6.98. The highest BCUT2D eigenvalue weighted by molar-refractivity contribution is 6.15. The number of fused-ring (bicyclic) bond motifs is 1. The summed E-state index contributed by atoms with van der Waals surface area (Å²) in [7, 11) is 1.63. The fraction of sp³-hybridized carbons (Fsp3) is 0.294. The summed E-state index contributed by atoms with van der Waals surface area (Å²) in [5.74, 6) is -0.0231. The van der Waals surface area contributed by atoms with Crippen molar-refractivity contribution >= 4 is 24.0 Å². The highest BCUT2D eigenvalue weighted by Gasteiger charge is 2.49. The van der Waals surface area contributed by atoms with Crippen molar-refractivity contribution in [3.8, 4) is 0 Å². The van der Waals surface area contributed by atoms with Crippen LogP contribution in [0.4, 0.5) is 4.79 Å². The van der Waals surface area contributed by atoms with E-state index in [-0.39, 0.29) is 18.5 Å². The highest BCUT2D eigenvalue weighted by atomic mass is 16.5. The van der Waals surface area contributed by atoms with E-state index < -0.39 is 5.92 Å². The van der Waals surface area contributed by atoms with Crippen LogP contribution in [0.25, 0.3) is 0 Å². The van der Waals surface area contributed by atoms with Gasteiger partial charge in [0, 0.05) is 6.08 Å². The third kappa shape index (κ3) is 2.67. The largest absolute Gasteiger partial charge is 0.497 e. The molecule has 6 heteroatoms. The number of rotatable bonds is 4. The van der Waals surface area contributed by atoms with Crippen LogP contribution in [-0.4, -0.2) is 47.1 Å². The van der Waals surface area contributed by atoms with Gasteiger partial charge in [-0.1, -0.05) is 30.3 Å². The average molecular weight is 312 g/mol. The van der Waals surface area contributed by atoms with E-state index in [1.165, 1.54) is 9.48 Å². The number of benzene rings is 1. The molecule has 0 aromatic heterocycles. The molecule has 0 saturated heterocycles. The van der Waals surface area contributed by atoms with Crippen molar-refractivity contribution in [3.63, 3.8) is 0 Å². The third-order valence-electron chi connectivity index (χ3n) is 3.86. The van der Waals surface area contributed by atoms with Crippen LogP contribution in [0.3, 0.4) is 0 Å². The Morgan fingerprint density at radius 2 is 2.00 bits per heavy atom. The second kappa shape index (κ2) is 6.16. The van der Waals surface area contributed by atoms with E-state index in [1.807, 2.05) is 37.3 Å². The highest BCUT2D eigenvalue weighted by Crippen LogP contribution is 2.26. The van der Waals surface area contributed by atoms with E-state index in [4.69, 9.17) is 4.74 Å². The van der Waals surface area contributed by atoms with Gasteiger partial charge in [0.05, 0.1) is 13.7 Å². The summed E-state index contributed by atoms with van der Waals surface area (Å²) in [4.78, 5) is 30.9. The molecular weight excluding hydrogens is 294 g/mol. The summed E-state index contributed by atoms with van der Waals surface area (Å²) in [5.41, 5.74) is 0.896. The minimum Gasteiger partial charge on any atom is -0.497 e. The third-order valence-corrected chi connectivity index (χ3v) is 3.86. The Bertz CT molecular complexity index is 735. The first-order valence-electron chi connectivity index (χ1n) is 7.50. The van der Waals surface area contributed by atoms with Crippen LogP contribution in [0, 0.1) is 5.92 Å². The summed E-state index contributed by atoms with van der Waals surface area (Å²) in [5, 5.41) is 0. The first-order valence-corrected chi connectivity index (χ1v) is 7.50. The van der Waals surface area contributed by atoms with Crippen molar-refractivity contribution < 1.29 is 18.9 Å². The summed E-state index contributed by atoms with van der Waals surface area (Å²) in [6.07, 6.45) is 3.24. The lowest BCUT2D eigenvalue weighted by molar-refractivity contribution is -0.409. The van der Waals surface area contributed by atoms with Gasteiger partial charge in [0.25, 0.3) is 5.84 Å². The van der Waals surface area contributed by atoms with E-state index in [9.17, 15) is 9.59 Å². The number of aliphatic imine (C=N–C) groups is 1. The van der Waals surface area contributed by atoms with Gasteiger partial charge in [0.15, 0.2) is 5.92 Å². The van der Waals surface area contributed by atoms with Crippen molar-refractivity contribution in [1.29, 1.82) is 0 Å². The minimum absolute atomic E-state index is 0.232. The Hall–Kier alpha value is -2.76. The van der Waals surface area contributed by atoms with Gasteiger partial charge in [-0.3, -0.25) is 4.79 Å². The number of dihydropyridines is 1. The lowest BCUT2D eigenvalue weighted by Gasteiger charge is -2.28. The maximum Gasteiger partial charge on any atom is 0.445 e. The van der Waals surface area contributed by atoms with E-state index in [1.54, 1.807) is 19.3 Å². The van der Waals surface area contributed by atoms with Crippen LogP contribution < -0.4 is 0 Å². The Morgan fingerprint density at radius 1 is 1.26 bits per heavy atom. The lowest BCUT2D eigenvalue weighted by Crippen LogP contribution is -2.54. The van der Waals surface area contributed by atoms with Gasteiger partial charge in [0.1, 0.15) is 18.5 Å². The fourth-order valence-electron chi connectivity index (χ4n) is 2.74. The number of hydrogen-bond donors (Lipinski definition) is 0. The Kier molecular flexibility index (Phi) is 4.06. The average Bonchev–Trinajstić information content (AvgIpc) is 2.58. The number of carbonyl (C=O) groups is 2. The summed E-state index contributed by atoms with van der Waals surface area (Å²) >= 11 is 0. The van der Waals surface area contributed by atoms with Gasteiger partial charge >= 0.3 is 11.9 Å². The fourth-order valence-corrected chi connectivity index (χ4v) is 2.74. The molecule has 2 aliphatic rings. The van der Waals surface area contributed by atoms with Crippen molar-refractivity contribution in [1.82, 2.24) is 4.90 Å². The topological polar surface area (TPSA) is 62.0 Å². The molecule has 0 fully saturated rings. The van der Waals surface area contributed by atoms with Gasteiger partial charge in [0.2, 0.25) is 0 Å². The molecule has 1 aromatic carbocycles. The molecule has 0 radical (unpaired) electrons. The van der Waals surface area contributed by atoms with E-state index in [0.717, 1.165) is 5.56 Å². The first kappa shape index (κ1) is 15.1. The smallest absolute Gasteiger partial charge is 0.445 e. The van der Waals surface area contributed by atoms with E-state index in [0.29, 0.717) is 18.2 Å². The molecule has 0 bridgehead atoms. The zero-order chi connectivity index (χ0) is 16.4. The summed E-state index contributed by atoms with van der Waals surface area (Å²) in [6.45, 7) is 2.54. The summed E-state index contributed by atoms with van der Waals surface area (Å²) in [6, 6.07) is 9.06. The molecule has 0 N–H and O–H groups in total. The van der Waals surface area contributed by atoms with Gasteiger partial charge < -0.3 is 4.74 Å². The predicted molar refractivity (Wildman–Crippen MR) is 85.3 cm³/mol. The number of allylic oxidation sites excluding steroid dienone is 1. The van der Waals surface area contributed by atoms with Gasteiger partial charge in [-0.15, -0.1) is 4.99 Å². The number of carbonyl (C=O) groups excluding carboxylic acids is 2. The Morgan fingerprint density at radius 3 is 2.70 bits per heavy atom. The molecule has 3 amide bonds. The molecule has 2 aliphatic heterocycles. The second-order valence-corrected chi connectivity index (χ2v) is 5.32. The van der Waals surface area contributed by atoms with Gasteiger partial charge in [-0.2, -0.15) is 9.48 Å². The zero-order valence-corrected chi connectivity index (χ0v) is 13.1. The van der Waals surface area contributed by atoms with Crippen molar-refractivity contribution in [2.45, 2.75) is 13.5 Å². The van der Waals surface area contributed by atoms with E-state index in [2.05, 4.69) is 4.99 Å². The monoisotopic (exact) mass is 312 g/mol. The van der Waals surface area contributed by atoms with Crippen molar-refractivity contribution in [2.24, 2.45) is 10.9 Å². The van der Waals surface area contributed by atoms with Crippen LogP contribution >= 0.6 is 0 Å². The van der Waals surface area contributed by atoms with Crippen LogP contribution in [0.1, 0.15) is 12.5 Å². The van der Waals surface area contributed by atoms with Gasteiger partial charge in [-0.05, 0) is 12.5 Å². The molecule has 0 saturated carbocycles. The Labute approximate surface area is 134 Å². The van der Waals surface area contributed by atoms with Crippen LogP contribution in [0.2, 0.25) is 0 Å². The Balaban J connectivity index is 1.97. The molecule has 23 heavy (non-hydrogen) atoms. The number of urea groups is 1. The molecule has 118 valence electrons. The van der Waals surface area contributed by atoms with Crippen LogP contribution in [-0.2, 0) is 16.1 Å². The molecule has 3 rings (SSSR count). The number of imide groups is 1. The molecule has 2 heterocycles. The zero-order valence-electron chi connectivity index (χ0n) is 13.1.